The molecular weight excluding hydrogens is 356 g/mol. The van der Waals surface area contributed by atoms with Crippen LogP contribution in [0.2, 0.25) is 0 Å². The zero-order chi connectivity index (χ0) is 18.5. The van der Waals surface area contributed by atoms with E-state index in [2.05, 4.69) is 44.3 Å². The van der Waals surface area contributed by atoms with Gasteiger partial charge >= 0.3 is 0 Å². The topological polar surface area (TPSA) is 59.1 Å². The van der Waals surface area contributed by atoms with Gasteiger partial charge in [-0.3, -0.25) is 4.98 Å². The van der Waals surface area contributed by atoms with E-state index in [9.17, 15) is 0 Å². The Balaban J connectivity index is 1.50. The molecule has 0 spiro atoms. The highest BCUT2D eigenvalue weighted by atomic mass is 32.2. The van der Waals surface area contributed by atoms with Crippen LogP contribution in [0.15, 0.2) is 84.0 Å². The first-order valence-corrected chi connectivity index (χ1v) is 9.28. The van der Waals surface area contributed by atoms with Crippen molar-refractivity contribution in [3.05, 3.63) is 79.1 Å². The van der Waals surface area contributed by atoms with Crippen molar-refractivity contribution >= 4 is 39.9 Å². The number of pyridine rings is 2. The molecule has 0 fully saturated rings. The van der Waals surface area contributed by atoms with Crippen molar-refractivity contribution in [1.29, 1.82) is 0 Å². The Hall–Kier alpha value is -3.25. The number of hydrogen-bond acceptors (Lipinski definition) is 6. The molecule has 2 N–H and O–H groups in total. The third-order valence-corrected chi connectivity index (χ3v) is 4.86. The zero-order valence-electron chi connectivity index (χ0n) is 14.7. The Kier molecular flexibility index (Phi) is 5.07. The predicted octanol–water partition coefficient (Wildman–Crippen LogP) is 5.50. The average molecular weight is 374 g/mol. The Labute approximate surface area is 162 Å². The van der Waals surface area contributed by atoms with E-state index in [1.54, 1.807) is 31.5 Å². The van der Waals surface area contributed by atoms with Crippen LogP contribution >= 0.6 is 11.9 Å². The molecule has 0 atom stereocenters. The molecule has 5 nitrogen and oxygen atoms in total. The molecule has 0 bridgehead atoms. The van der Waals surface area contributed by atoms with E-state index in [0.29, 0.717) is 5.88 Å². The third-order valence-electron chi connectivity index (χ3n) is 4.01. The number of nitrogens with zero attached hydrogens (tertiary/aromatic N) is 2. The second kappa shape index (κ2) is 7.97. The SMILES string of the molecule is COc1nccc2c(Nc3ccc(SNc4ccccc4)cc3)ccnc12. The molecule has 2 aromatic carbocycles. The summed E-state index contributed by atoms with van der Waals surface area (Å²) in [6.45, 7) is 0. The quantitative estimate of drug-likeness (QED) is 0.435. The van der Waals surface area contributed by atoms with Gasteiger partial charge in [-0.15, -0.1) is 0 Å². The second-order valence-corrected chi connectivity index (χ2v) is 6.67. The van der Waals surface area contributed by atoms with Gasteiger partial charge in [0.1, 0.15) is 5.52 Å². The minimum atomic E-state index is 0.523. The molecule has 0 unspecified atom stereocenters. The van der Waals surface area contributed by atoms with Gasteiger partial charge in [-0.25, -0.2) is 4.98 Å². The van der Waals surface area contributed by atoms with Crippen LogP contribution in [0.4, 0.5) is 17.1 Å². The monoisotopic (exact) mass is 374 g/mol. The Bertz CT molecular complexity index is 1040. The van der Waals surface area contributed by atoms with Gasteiger partial charge in [0, 0.05) is 39.7 Å². The number of para-hydroxylation sites is 1. The van der Waals surface area contributed by atoms with E-state index in [-0.39, 0.29) is 0 Å². The largest absolute Gasteiger partial charge is 0.479 e. The van der Waals surface area contributed by atoms with Gasteiger partial charge in [-0.1, -0.05) is 18.2 Å². The lowest BCUT2D eigenvalue weighted by molar-refractivity contribution is 0.402. The molecule has 134 valence electrons. The van der Waals surface area contributed by atoms with Gasteiger partial charge in [0.15, 0.2) is 0 Å². The third kappa shape index (κ3) is 3.96. The molecule has 0 aliphatic carbocycles. The number of benzene rings is 2. The predicted molar refractivity (Wildman–Crippen MR) is 112 cm³/mol. The molecule has 0 radical (unpaired) electrons. The molecule has 0 aliphatic heterocycles. The van der Waals surface area contributed by atoms with Crippen LogP contribution in [0.3, 0.4) is 0 Å². The molecule has 4 aromatic rings. The molecule has 4 rings (SSSR count). The summed E-state index contributed by atoms with van der Waals surface area (Å²) in [5, 5.41) is 4.41. The number of nitrogens with one attached hydrogen (secondary N) is 2. The van der Waals surface area contributed by atoms with E-state index >= 15 is 0 Å². The second-order valence-electron chi connectivity index (χ2n) is 5.79. The fraction of sp³-hybridized carbons (Fsp3) is 0.0476. The van der Waals surface area contributed by atoms with Crippen LogP contribution in [0.1, 0.15) is 0 Å². The van der Waals surface area contributed by atoms with Crippen LogP contribution in [-0.2, 0) is 0 Å². The lowest BCUT2D eigenvalue weighted by Gasteiger charge is -2.11. The molecule has 2 heterocycles. The number of methoxy groups -OCH3 is 1. The molecular formula is C21H18N4OS. The summed E-state index contributed by atoms with van der Waals surface area (Å²) < 4.78 is 8.63. The smallest absolute Gasteiger partial charge is 0.240 e. The Morgan fingerprint density at radius 2 is 1.59 bits per heavy atom. The number of aromatic nitrogens is 2. The van der Waals surface area contributed by atoms with Gasteiger partial charge < -0.3 is 14.8 Å². The molecule has 27 heavy (non-hydrogen) atoms. The van der Waals surface area contributed by atoms with Crippen molar-refractivity contribution in [2.75, 3.05) is 17.1 Å². The van der Waals surface area contributed by atoms with E-state index < -0.39 is 0 Å². The normalized spacial score (nSPS) is 10.6. The molecule has 6 heteroatoms. The average Bonchev–Trinajstić information content (AvgIpc) is 2.74. The molecule has 0 saturated heterocycles. The number of anilines is 3. The summed E-state index contributed by atoms with van der Waals surface area (Å²) in [6, 6.07) is 22.3. The minimum absolute atomic E-state index is 0.523. The van der Waals surface area contributed by atoms with Crippen molar-refractivity contribution in [3.8, 4) is 5.88 Å². The van der Waals surface area contributed by atoms with Crippen LogP contribution in [-0.4, -0.2) is 17.1 Å². The number of rotatable bonds is 6. The van der Waals surface area contributed by atoms with Crippen LogP contribution in [0.25, 0.3) is 10.9 Å². The summed E-state index contributed by atoms with van der Waals surface area (Å²) >= 11 is 1.58. The van der Waals surface area contributed by atoms with Crippen molar-refractivity contribution < 1.29 is 4.74 Å². The first-order valence-electron chi connectivity index (χ1n) is 8.46. The van der Waals surface area contributed by atoms with Gasteiger partial charge in [0.05, 0.1) is 7.11 Å². The Morgan fingerprint density at radius 3 is 2.37 bits per heavy atom. The maximum Gasteiger partial charge on any atom is 0.240 e. The highest BCUT2D eigenvalue weighted by Crippen LogP contribution is 2.30. The summed E-state index contributed by atoms with van der Waals surface area (Å²) in [7, 11) is 1.60. The van der Waals surface area contributed by atoms with Crippen molar-refractivity contribution in [1.82, 2.24) is 9.97 Å². The molecule has 0 amide bonds. The first-order chi connectivity index (χ1) is 13.3. The first kappa shape index (κ1) is 17.2. The summed E-state index contributed by atoms with van der Waals surface area (Å²) in [5.74, 6) is 0.523. The lowest BCUT2D eigenvalue weighted by Crippen LogP contribution is -1.95. The standard InChI is InChI=1S/C21H18N4OS/c1-26-21-20-18(11-13-23-21)19(12-14-22-20)24-15-7-9-17(10-8-15)27-25-16-5-3-2-4-6-16/h2-14,25H,1H3,(H,22,24). The summed E-state index contributed by atoms with van der Waals surface area (Å²) in [4.78, 5) is 9.72. The number of hydrogen-bond donors (Lipinski definition) is 2. The van der Waals surface area contributed by atoms with Gasteiger partial charge in [-0.05, 0) is 60.5 Å². The van der Waals surface area contributed by atoms with E-state index in [4.69, 9.17) is 4.74 Å². The lowest BCUT2D eigenvalue weighted by atomic mass is 10.2. The van der Waals surface area contributed by atoms with E-state index in [1.807, 2.05) is 42.5 Å². The summed E-state index contributed by atoms with van der Waals surface area (Å²) in [5.41, 5.74) is 3.78. The van der Waals surface area contributed by atoms with E-state index in [0.717, 1.165) is 32.9 Å². The maximum absolute atomic E-state index is 5.30. The van der Waals surface area contributed by atoms with Crippen molar-refractivity contribution in [3.63, 3.8) is 0 Å². The maximum atomic E-state index is 5.30. The number of ether oxygens (including phenoxy) is 1. The fourth-order valence-electron chi connectivity index (χ4n) is 2.70. The van der Waals surface area contributed by atoms with Crippen molar-refractivity contribution in [2.45, 2.75) is 4.90 Å². The van der Waals surface area contributed by atoms with Crippen LogP contribution < -0.4 is 14.8 Å². The molecule has 0 aliphatic rings. The van der Waals surface area contributed by atoms with E-state index in [1.165, 1.54) is 0 Å². The van der Waals surface area contributed by atoms with Gasteiger partial charge in [-0.2, -0.15) is 0 Å². The van der Waals surface area contributed by atoms with Gasteiger partial charge in [0.2, 0.25) is 5.88 Å². The highest BCUT2D eigenvalue weighted by molar-refractivity contribution is 8.00. The van der Waals surface area contributed by atoms with Gasteiger partial charge in [0.25, 0.3) is 0 Å². The van der Waals surface area contributed by atoms with Crippen LogP contribution in [0, 0.1) is 0 Å². The van der Waals surface area contributed by atoms with Crippen molar-refractivity contribution in [2.24, 2.45) is 0 Å². The molecule has 0 saturated carbocycles. The number of fused-ring (bicyclic) bond motifs is 1. The minimum Gasteiger partial charge on any atom is -0.479 e. The highest BCUT2D eigenvalue weighted by Gasteiger charge is 2.08. The fourth-order valence-corrected chi connectivity index (χ4v) is 3.34. The zero-order valence-corrected chi connectivity index (χ0v) is 15.5. The van der Waals surface area contributed by atoms with Crippen LogP contribution in [0.5, 0.6) is 5.88 Å². The molecule has 2 aromatic heterocycles. The Morgan fingerprint density at radius 1 is 0.815 bits per heavy atom. The summed E-state index contributed by atoms with van der Waals surface area (Å²) in [6.07, 6.45) is 3.48.